The number of H-pyrrole nitrogens is 1. The van der Waals surface area contributed by atoms with Gasteiger partial charge in [0.25, 0.3) is 11.5 Å². The van der Waals surface area contributed by atoms with Crippen molar-refractivity contribution in [2.75, 3.05) is 6.54 Å². The molecule has 0 saturated carbocycles. The van der Waals surface area contributed by atoms with Crippen LogP contribution in [0.4, 0.5) is 4.39 Å². The molecule has 0 bridgehead atoms. The zero-order chi connectivity index (χ0) is 17.4. The van der Waals surface area contributed by atoms with Crippen LogP contribution in [-0.4, -0.2) is 22.3 Å². The smallest absolute Gasteiger partial charge is 0.270 e. The Morgan fingerprint density at radius 2 is 1.88 bits per heavy atom. The standard InChI is InChI=1S/C20H17FN2O2/c21-15-9-7-13(8-10-15)18-6-3-11-23(18)20(25)17-12-14-4-1-2-5-16(14)19(24)22-17/h1-2,4-5,7-10,12,18H,3,6,11H2,(H,22,24). The van der Waals surface area contributed by atoms with Crippen molar-refractivity contribution in [1.82, 2.24) is 9.88 Å². The lowest BCUT2D eigenvalue weighted by Gasteiger charge is -2.25. The summed E-state index contributed by atoms with van der Waals surface area (Å²) in [6.45, 7) is 0.621. The van der Waals surface area contributed by atoms with Crippen LogP contribution >= 0.6 is 0 Å². The summed E-state index contributed by atoms with van der Waals surface area (Å²) in [4.78, 5) is 29.7. The molecule has 5 heteroatoms. The SMILES string of the molecule is O=C(c1cc2ccccc2c(=O)[nH]1)N1CCCC1c1ccc(F)cc1. The predicted octanol–water partition coefficient (Wildman–Crippen LogP) is 3.64. The van der Waals surface area contributed by atoms with Crippen molar-refractivity contribution in [1.29, 1.82) is 0 Å². The van der Waals surface area contributed by atoms with Crippen LogP contribution in [0.3, 0.4) is 0 Å². The molecule has 4 nitrogen and oxygen atoms in total. The number of rotatable bonds is 2. The summed E-state index contributed by atoms with van der Waals surface area (Å²) in [6.07, 6.45) is 1.71. The molecular weight excluding hydrogens is 319 g/mol. The number of hydrogen-bond donors (Lipinski definition) is 1. The summed E-state index contributed by atoms with van der Waals surface area (Å²) in [5, 5.41) is 1.31. The molecule has 1 atom stereocenters. The molecule has 1 N–H and O–H groups in total. The molecule has 0 radical (unpaired) electrons. The van der Waals surface area contributed by atoms with Crippen molar-refractivity contribution in [3.05, 3.63) is 82.0 Å². The van der Waals surface area contributed by atoms with E-state index in [0.717, 1.165) is 23.8 Å². The van der Waals surface area contributed by atoms with E-state index in [4.69, 9.17) is 0 Å². The molecule has 4 rings (SSSR count). The number of carbonyl (C=O) groups is 1. The second-order valence-corrected chi connectivity index (χ2v) is 6.31. The van der Waals surface area contributed by atoms with Crippen molar-refractivity contribution in [2.45, 2.75) is 18.9 Å². The monoisotopic (exact) mass is 336 g/mol. The molecule has 1 aromatic heterocycles. The number of aromatic amines is 1. The highest BCUT2D eigenvalue weighted by atomic mass is 19.1. The van der Waals surface area contributed by atoms with E-state index in [1.807, 2.05) is 12.1 Å². The van der Waals surface area contributed by atoms with Gasteiger partial charge in [-0.1, -0.05) is 30.3 Å². The van der Waals surface area contributed by atoms with Crippen LogP contribution < -0.4 is 5.56 Å². The Bertz CT molecular complexity index is 994. The third-order valence-corrected chi connectivity index (χ3v) is 4.75. The van der Waals surface area contributed by atoms with Gasteiger partial charge in [-0.15, -0.1) is 0 Å². The number of pyridine rings is 1. The number of carbonyl (C=O) groups excluding carboxylic acids is 1. The van der Waals surface area contributed by atoms with Crippen LogP contribution in [0.25, 0.3) is 10.8 Å². The van der Waals surface area contributed by atoms with Crippen LogP contribution in [0, 0.1) is 5.82 Å². The Kier molecular flexibility index (Phi) is 3.84. The van der Waals surface area contributed by atoms with Crippen LogP contribution in [0.5, 0.6) is 0 Å². The molecule has 1 aliphatic heterocycles. The maximum Gasteiger partial charge on any atom is 0.270 e. The largest absolute Gasteiger partial charge is 0.330 e. The van der Waals surface area contributed by atoms with Gasteiger partial charge in [-0.05, 0) is 48.1 Å². The number of fused-ring (bicyclic) bond motifs is 1. The number of nitrogens with one attached hydrogen (secondary N) is 1. The average Bonchev–Trinajstić information content (AvgIpc) is 3.11. The summed E-state index contributed by atoms with van der Waals surface area (Å²) in [5.41, 5.74) is 0.937. The highest BCUT2D eigenvalue weighted by molar-refractivity contribution is 5.96. The summed E-state index contributed by atoms with van der Waals surface area (Å²) >= 11 is 0. The molecule has 1 unspecified atom stereocenters. The number of hydrogen-bond acceptors (Lipinski definition) is 2. The number of nitrogens with zero attached hydrogens (tertiary/aromatic N) is 1. The number of benzene rings is 2. The van der Waals surface area contributed by atoms with E-state index in [-0.39, 0.29) is 29.0 Å². The molecule has 1 fully saturated rings. The minimum Gasteiger partial charge on any atom is -0.330 e. The molecule has 25 heavy (non-hydrogen) atoms. The zero-order valence-corrected chi connectivity index (χ0v) is 13.5. The summed E-state index contributed by atoms with van der Waals surface area (Å²) in [7, 11) is 0. The number of amides is 1. The van der Waals surface area contributed by atoms with E-state index in [9.17, 15) is 14.0 Å². The average molecular weight is 336 g/mol. The van der Waals surface area contributed by atoms with Gasteiger partial charge in [-0.3, -0.25) is 9.59 Å². The predicted molar refractivity (Wildman–Crippen MR) is 94.0 cm³/mol. The first-order chi connectivity index (χ1) is 12.1. The summed E-state index contributed by atoms with van der Waals surface area (Å²) in [6, 6.07) is 15.1. The van der Waals surface area contributed by atoms with Gasteiger partial charge >= 0.3 is 0 Å². The van der Waals surface area contributed by atoms with Crippen LogP contribution in [0.2, 0.25) is 0 Å². The first-order valence-electron chi connectivity index (χ1n) is 8.32. The molecule has 3 aromatic rings. The summed E-state index contributed by atoms with van der Waals surface area (Å²) < 4.78 is 13.2. The zero-order valence-electron chi connectivity index (χ0n) is 13.5. The van der Waals surface area contributed by atoms with Gasteiger partial charge in [0.1, 0.15) is 11.5 Å². The molecule has 126 valence electrons. The van der Waals surface area contributed by atoms with Gasteiger partial charge in [0.2, 0.25) is 0 Å². The van der Waals surface area contributed by atoms with Gasteiger partial charge in [0.15, 0.2) is 0 Å². The fourth-order valence-corrected chi connectivity index (χ4v) is 3.52. The lowest BCUT2D eigenvalue weighted by molar-refractivity contribution is 0.0729. The lowest BCUT2D eigenvalue weighted by Crippen LogP contribution is -2.32. The van der Waals surface area contributed by atoms with Crippen LogP contribution in [-0.2, 0) is 0 Å². The fraction of sp³-hybridized carbons (Fsp3) is 0.200. The third kappa shape index (κ3) is 2.82. The molecule has 2 heterocycles. The Hall–Kier alpha value is -2.95. The lowest BCUT2D eigenvalue weighted by atomic mass is 10.0. The molecule has 1 saturated heterocycles. The van der Waals surface area contributed by atoms with Gasteiger partial charge in [-0.25, -0.2) is 4.39 Å². The first-order valence-corrected chi connectivity index (χ1v) is 8.32. The highest BCUT2D eigenvalue weighted by Gasteiger charge is 2.31. The highest BCUT2D eigenvalue weighted by Crippen LogP contribution is 2.33. The van der Waals surface area contributed by atoms with Gasteiger partial charge in [-0.2, -0.15) is 0 Å². The number of likely N-dealkylation sites (tertiary alicyclic amines) is 1. The van der Waals surface area contributed by atoms with E-state index in [1.54, 1.807) is 35.2 Å². The fourth-order valence-electron chi connectivity index (χ4n) is 3.52. The van der Waals surface area contributed by atoms with Gasteiger partial charge < -0.3 is 9.88 Å². The van der Waals surface area contributed by atoms with Gasteiger partial charge in [0.05, 0.1) is 6.04 Å². The molecule has 0 spiro atoms. The van der Waals surface area contributed by atoms with Crippen LogP contribution in [0.15, 0.2) is 59.4 Å². The maximum atomic E-state index is 13.2. The Morgan fingerprint density at radius 3 is 2.68 bits per heavy atom. The van der Waals surface area contributed by atoms with E-state index in [0.29, 0.717) is 11.9 Å². The number of aromatic nitrogens is 1. The first kappa shape index (κ1) is 15.6. The second-order valence-electron chi connectivity index (χ2n) is 6.31. The Balaban J connectivity index is 1.70. The van der Waals surface area contributed by atoms with Gasteiger partial charge in [0, 0.05) is 11.9 Å². The van der Waals surface area contributed by atoms with E-state index in [1.165, 1.54) is 12.1 Å². The molecule has 0 aliphatic carbocycles. The van der Waals surface area contributed by atoms with Crippen molar-refractivity contribution in [3.63, 3.8) is 0 Å². The van der Waals surface area contributed by atoms with Crippen molar-refractivity contribution >= 4 is 16.7 Å². The summed E-state index contributed by atoms with van der Waals surface area (Å²) in [5.74, 6) is -0.492. The number of halogens is 1. The molecule has 2 aromatic carbocycles. The maximum absolute atomic E-state index is 13.2. The Morgan fingerprint density at radius 1 is 1.12 bits per heavy atom. The Labute approximate surface area is 143 Å². The molecule has 1 aliphatic rings. The van der Waals surface area contributed by atoms with Crippen LogP contribution in [0.1, 0.15) is 34.9 Å². The third-order valence-electron chi connectivity index (χ3n) is 4.75. The quantitative estimate of drug-likeness (QED) is 0.777. The molecule has 1 amide bonds. The van der Waals surface area contributed by atoms with E-state index < -0.39 is 0 Å². The second kappa shape index (κ2) is 6.16. The molecular formula is C20H17FN2O2. The van der Waals surface area contributed by atoms with Crippen molar-refractivity contribution in [3.8, 4) is 0 Å². The minimum absolute atomic E-state index is 0.0944. The van der Waals surface area contributed by atoms with E-state index >= 15 is 0 Å². The minimum atomic E-state index is -0.293. The van der Waals surface area contributed by atoms with E-state index in [2.05, 4.69) is 4.98 Å². The topological polar surface area (TPSA) is 53.2 Å². The van der Waals surface area contributed by atoms with Crippen molar-refractivity contribution in [2.24, 2.45) is 0 Å². The normalized spacial score (nSPS) is 17.2. The van der Waals surface area contributed by atoms with Crippen molar-refractivity contribution < 1.29 is 9.18 Å².